The summed E-state index contributed by atoms with van der Waals surface area (Å²) >= 11 is 5.91. The van der Waals surface area contributed by atoms with Crippen molar-refractivity contribution in [2.45, 2.75) is 30.4 Å². The number of benzene rings is 2. The smallest absolute Gasteiger partial charge is 0.407 e. The lowest BCUT2D eigenvalue weighted by Gasteiger charge is -2.34. The maximum absolute atomic E-state index is 13.3. The molecule has 3 aromatic rings. The van der Waals surface area contributed by atoms with Gasteiger partial charge in [-0.15, -0.1) is 0 Å². The van der Waals surface area contributed by atoms with E-state index >= 15 is 0 Å². The van der Waals surface area contributed by atoms with Gasteiger partial charge in [-0.2, -0.15) is 0 Å². The highest BCUT2D eigenvalue weighted by molar-refractivity contribution is 7.92. The molecule has 1 atom stereocenters. The number of hydrogen-bond donors (Lipinski definition) is 1. The normalized spacial score (nSPS) is 15.8. The number of amides is 1. The van der Waals surface area contributed by atoms with Crippen LogP contribution in [0.2, 0.25) is 5.02 Å². The molecule has 1 aliphatic heterocycles. The summed E-state index contributed by atoms with van der Waals surface area (Å²) in [4.78, 5) is 16.4. The van der Waals surface area contributed by atoms with Gasteiger partial charge in [0.25, 0.3) is 10.0 Å². The number of carbonyl (C=O) groups excluding carboxylic acids is 1. The van der Waals surface area contributed by atoms with E-state index in [4.69, 9.17) is 16.3 Å². The molecule has 32 heavy (non-hydrogen) atoms. The molecular weight excluding hydrogens is 452 g/mol. The molecule has 1 N–H and O–H groups in total. The molecule has 0 unspecified atom stereocenters. The van der Waals surface area contributed by atoms with Gasteiger partial charge >= 0.3 is 6.09 Å². The van der Waals surface area contributed by atoms with Crippen LogP contribution in [-0.2, 0) is 27.7 Å². The fraction of sp³-hybridized carbons (Fsp3) is 0.273. The van der Waals surface area contributed by atoms with Crippen LogP contribution in [0.1, 0.15) is 12.0 Å². The number of nitrogens with one attached hydrogen (secondary N) is 1. The zero-order valence-corrected chi connectivity index (χ0v) is 18.8. The number of anilines is 1. The third-order valence-electron chi connectivity index (χ3n) is 5.17. The summed E-state index contributed by atoms with van der Waals surface area (Å²) in [7, 11) is -3.85. The van der Waals surface area contributed by atoms with Gasteiger partial charge in [0.1, 0.15) is 6.10 Å². The van der Waals surface area contributed by atoms with Crippen LogP contribution in [0, 0.1) is 0 Å². The fourth-order valence-electron chi connectivity index (χ4n) is 3.62. The molecular formula is C22H23ClN4O4S. The Morgan fingerprint density at radius 2 is 1.97 bits per heavy atom. The number of nitrogens with zero attached hydrogens (tertiary/aromatic N) is 3. The minimum atomic E-state index is -3.85. The van der Waals surface area contributed by atoms with Crippen LogP contribution in [0.4, 0.5) is 10.5 Å². The maximum atomic E-state index is 13.3. The molecule has 2 aromatic carbocycles. The van der Waals surface area contributed by atoms with Crippen molar-refractivity contribution in [2.24, 2.45) is 0 Å². The minimum absolute atomic E-state index is 0.0322. The van der Waals surface area contributed by atoms with Crippen LogP contribution in [-0.4, -0.2) is 43.3 Å². The Labute approximate surface area is 191 Å². The van der Waals surface area contributed by atoms with Crippen LogP contribution in [0.25, 0.3) is 0 Å². The number of aromatic nitrogens is 2. The number of alkyl carbamates (subject to hydrolysis) is 1. The summed E-state index contributed by atoms with van der Waals surface area (Å²) in [6.45, 7) is 1.20. The van der Waals surface area contributed by atoms with E-state index in [2.05, 4.69) is 10.3 Å². The van der Waals surface area contributed by atoms with Crippen molar-refractivity contribution >= 4 is 33.4 Å². The summed E-state index contributed by atoms with van der Waals surface area (Å²) in [5.74, 6) is 0. The van der Waals surface area contributed by atoms with Crippen LogP contribution in [0.15, 0.2) is 72.1 Å². The number of sulfonamides is 1. The predicted molar refractivity (Wildman–Crippen MR) is 121 cm³/mol. The lowest BCUT2D eigenvalue weighted by Crippen LogP contribution is -2.45. The molecule has 4 rings (SSSR count). The summed E-state index contributed by atoms with van der Waals surface area (Å²) in [6, 6.07) is 13.2. The summed E-state index contributed by atoms with van der Waals surface area (Å²) in [5.41, 5.74) is 1.39. The number of fused-ring (bicyclic) bond motifs is 1. The second-order valence-corrected chi connectivity index (χ2v) is 9.73. The molecule has 0 fully saturated rings. The number of carbonyl (C=O) groups is 1. The van der Waals surface area contributed by atoms with Gasteiger partial charge in [-0.05, 0) is 42.3 Å². The van der Waals surface area contributed by atoms with Gasteiger partial charge in [0.15, 0.2) is 0 Å². The molecule has 0 saturated heterocycles. The third-order valence-corrected chi connectivity index (χ3v) is 7.22. The highest BCUT2D eigenvalue weighted by Gasteiger charge is 2.34. The maximum Gasteiger partial charge on any atom is 0.407 e. The minimum Gasteiger partial charge on any atom is -0.444 e. The molecule has 168 valence electrons. The van der Waals surface area contributed by atoms with E-state index in [-0.39, 0.29) is 11.4 Å². The van der Waals surface area contributed by atoms with E-state index in [0.717, 1.165) is 18.5 Å². The van der Waals surface area contributed by atoms with Crippen LogP contribution < -0.4 is 9.62 Å². The number of halogens is 1. The molecule has 1 aromatic heterocycles. The van der Waals surface area contributed by atoms with Gasteiger partial charge in [-0.25, -0.2) is 18.2 Å². The molecule has 0 radical (unpaired) electrons. The largest absolute Gasteiger partial charge is 0.444 e. The zero-order chi connectivity index (χ0) is 22.6. The van der Waals surface area contributed by atoms with E-state index in [0.29, 0.717) is 23.7 Å². The van der Waals surface area contributed by atoms with Crippen molar-refractivity contribution in [1.29, 1.82) is 0 Å². The number of imidazole rings is 1. The molecule has 8 nitrogen and oxygen atoms in total. The van der Waals surface area contributed by atoms with E-state index in [1.807, 2.05) is 22.9 Å². The number of hydrogen-bond acceptors (Lipinski definition) is 5. The van der Waals surface area contributed by atoms with E-state index < -0.39 is 22.2 Å². The lowest BCUT2D eigenvalue weighted by molar-refractivity contribution is 0.100. The first-order valence-electron chi connectivity index (χ1n) is 10.2. The van der Waals surface area contributed by atoms with Gasteiger partial charge in [0.05, 0.1) is 23.5 Å². The van der Waals surface area contributed by atoms with Crippen LogP contribution in [0.3, 0.4) is 0 Å². The van der Waals surface area contributed by atoms with Gasteiger partial charge in [0, 0.05) is 36.9 Å². The van der Waals surface area contributed by atoms with Gasteiger partial charge in [-0.1, -0.05) is 29.8 Å². The quantitative estimate of drug-likeness (QED) is 0.529. The monoisotopic (exact) mass is 474 g/mol. The Bertz CT molecular complexity index is 1170. The van der Waals surface area contributed by atoms with Crippen molar-refractivity contribution in [1.82, 2.24) is 14.9 Å². The summed E-state index contributed by atoms with van der Waals surface area (Å²) in [5, 5.41) is 3.18. The topological polar surface area (TPSA) is 93.5 Å². The van der Waals surface area contributed by atoms with E-state index in [1.54, 1.807) is 24.7 Å². The van der Waals surface area contributed by atoms with Crippen molar-refractivity contribution in [2.75, 3.05) is 17.4 Å². The Morgan fingerprint density at radius 3 is 2.72 bits per heavy atom. The molecule has 1 amide bonds. The highest BCUT2D eigenvalue weighted by Crippen LogP contribution is 2.33. The Balaban J connectivity index is 1.43. The SMILES string of the molecule is O=C(NCCCn1ccnc1)O[C@H]1Cc2ccccc2N(S(=O)(=O)c2ccc(Cl)cc2)C1. The summed E-state index contributed by atoms with van der Waals surface area (Å²) < 4.78 is 35.5. The molecule has 10 heteroatoms. The van der Waals surface area contributed by atoms with E-state index in [1.165, 1.54) is 28.6 Å². The zero-order valence-electron chi connectivity index (χ0n) is 17.2. The Kier molecular flexibility index (Phi) is 6.66. The molecule has 0 bridgehead atoms. The number of para-hydroxylation sites is 1. The first-order valence-corrected chi connectivity index (χ1v) is 12.0. The number of aryl methyl sites for hydroxylation is 1. The van der Waals surface area contributed by atoms with Gasteiger partial charge in [-0.3, -0.25) is 4.31 Å². The number of rotatable bonds is 7. The van der Waals surface area contributed by atoms with Gasteiger partial charge < -0.3 is 14.6 Å². The number of ether oxygens (including phenoxy) is 1. The Hall–Kier alpha value is -3.04. The second kappa shape index (κ2) is 9.62. The third kappa shape index (κ3) is 5.05. The van der Waals surface area contributed by atoms with Crippen molar-refractivity contribution in [3.8, 4) is 0 Å². The standard InChI is InChI=1S/C22H23ClN4O4S/c23-18-6-8-20(9-7-18)32(29,30)27-15-19(14-17-4-1-2-5-21(17)27)31-22(28)25-10-3-12-26-13-11-24-16-26/h1-2,4-9,11,13,16,19H,3,10,12,14-15H2,(H,25,28)/t19-/m0/s1. The van der Waals surface area contributed by atoms with Crippen molar-refractivity contribution < 1.29 is 17.9 Å². The molecule has 0 aliphatic carbocycles. The summed E-state index contributed by atoms with van der Waals surface area (Å²) in [6.07, 6.45) is 5.25. The fourth-order valence-corrected chi connectivity index (χ4v) is 5.28. The van der Waals surface area contributed by atoms with E-state index in [9.17, 15) is 13.2 Å². The van der Waals surface area contributed by atoms with Crippen molar-refractivity contribution in [3.63, 3.8) is 0 Å². The van der Waals surface area contributed by atoms with Crippen molar-refractivity contribution in [3.05, 3.63) is 77.8 Å². The first-order chi connectivity index (χ1) is 15.4. The van der Waals surface area contributed by atoms with Crippen LogP contribution in [0.5, 0.6) is 0 Å². The molecule has 1 aliphatic rings. The molecule has 0 spiro atoms. The first kappa shape index (κ1) is 22.2. The average molecular weight is 475 g/mol. The lowest BCUT2D eigenvalue weighted by atomic mass is 10.0. The van der Waals surface area contributed by atoms with Gasteiger partial charge in [0.2, 0.25) is 0 Å². The average Bonchev–Trinajstić information content (AvgIpc) is 3.30. The van der Waals surface area contributed by atoms with Crippen LogP contribution >= 0.6 is 11.6 Å². The second-order valence-electron chi connectivity index (χ2n) is 7.43. The Morgan fingerprint density at radius 1 is 1.19 bits per heavy atom. The molecule has 2 heterocycles. The molecule has 0 saturated carbocycles. The highest BCUT2D eigenvalue weighted by atomic mass is 35.5. The predicted octanol–water partition coefficient (Wildman–Crippen LogP) is 3.47.